The lowest BCUT2D eigenvalue weighted by Gasteiger charge is -2.48. The van der Waals surface area contributed by atoms with E-state index in [9.17, 15) is 13.2 Å². The van der Waals surface area contributed by atoms with Gasteiger partial charge in [0.2, 0.25) is 5.91 Å². The van der Waals surface area contributed by atoms with E-state index >= 15 is 0 Å². The van der Waals surface area contributed by atoms with Crippen LogP contribution < -0.4 is 15.4 Å². The largest absolute Gasteiger partial charge is 0.497 e. The summed E-state index contributed by atoms with van der Waals surface area (Å²) in [6.45, 7) is 0.871. The predicted molar refractivity (Wildman–Crippen MR) is 97.9 cm³/mol. The number of pyridine rings is 1. The molecule has 0 spiro atoms. The molecular weight excluding hydrogens is 354 g/mol. The summed E-state index contributed by atoms with van der Waals surface area (Å²) in [5, 5.41) is 0. The third-order valence-electron chi connectivity index (χ3n) is 4.66. The van der Waals surface area contributed by atoms with Crippen LogP contribution >= 0.6 is 0 Å². The zero-order chi connectivity index (χ0) is 18.9. The van der Waals surface area contributed by atoms with Crippen LogP contribution in [0.5, 0.6) is 5.75 Å². The van der Waals surface area contributed by atoms with Crippen LogP contribution in [-0.2, 0) is 21.1 Å². The van der Waals surface area contributed by atoms with Crippen LogP contribution in [0.4, 0.5) is 5.82 Å². The van der Waals surface area contributed by atoms with Crippen molar-refractivity contribution in [3.63, 3.8) is 0 Å². The van der Waals surface area contributed by atoms with Gasteiger partial charge in [0.1, 0.15) is 11.6 Å². The predicted octanol–water partition coefficient (Wildman–Crippen LogP) is 1.03. The van der Waals surface area contributed by atoms with E-state index in [0.29, 0.717) is 25.3 Å². The minimum atomic E-state index is -3.28. The van der Waals surface area contributed by atoms with Crippen molar-refractivity contribution in [3.8, 4) is 5.75 Å². The van der Waals surface area contributed by atoms with E-state index in [1.165, 1.54) is 12.3 Å². The quantitative estimate of drug-likeness (QED) is 0.809. The second kappa shape index (κ2) is 6.60. The first kappa shape index (κ1) is 18.2. The normalized spacial score (nSPS) is 16.0. The Morgan fingerprint density at radius 1 is 1.31 bits per heavy atom. The summed E-state index contributed by atoms with van der Waals surface area (Å²) in [7, 11) is -1.69. The first-order chi connectivity index (χ1) is 12.2. The van der Waals surface area contributed by atoms with Gasteiger partial charge in [-0.3, -0.25) is 4.79 Å². The molecule has 1 aromatic carbocycles. The maximum Gasteiger partial charge on any atom is 0.227 e. The fourth-order valence-electron chi connectivity index (χ4n) is 3.15. The number of anilines is 1. The van der Waals surface area contributed by atoms with Crippen LogP contribution in [-0.4, -0.2) is 45.8 Å². The van der Waals surface area contributed by atoms with E-state index < -0.39 is 15.3 Å². The van der Waals surface area contributed by atoms with Crippen LogP contribution in [0.3, 0.4) is 0 Å². The molecule has 3 rings (SSSR count). The molecule has 26 heavy (non-hydrogen) atoms. The number of amides is 1. The monoisotopic (exact) mass is 375 g/mol. The van der Waals surface area contributed by atoms with E-state index in [-0.39, 0.29) is 10.8 Å². The van der Waals surface area contributed by atoms with Gasteiger partial charge < -0.3 is 15.4 Å². The highest BCUT2D eigenvalue weighted by molar-refractivity contribution is 7.90. The molecule has 0 bridgehead atoms. The molecule has 1 amide bonds. The number of nitrogens with zero attached hydrogens (tertiary/aromatic N) is 2. The fraction of sp³-hybridized carbons (Fsp3) is 0.333. The molecule has 7 nitrogen and oxygen atoms in total. The summed E-state index contributed by atoms with van der Waals surface area (Å²) in [6.07, 6.45) is 2.98. The molecule has 1 aliphatic rings. The number of aromatic nitrogens is 1. The maximum atomic E-state index is 12.1. The molecule has 1 fully saturated rings. The number of methoxy groups -OCH3 is 1. The minimum absolute atomic E-state index is 0.166. The summed E-state index contributed by atoms with van der Waals surface area (Å²) >= 11 is 0. The van der Waals surface area contributed by atoms with E-state index in [1.807, 2.05) is 29.2 Å². The summed E-state index contributed by atoms with van der Waals surface area (Å²) < 4.78 is 28.3. The first-order valence-electron chi connectivity index (χ1n) is 8.07. The number of primary amides is 1. The second-order valence-electron chi connectivity index (χ2n) is 6.65. The Labute approximate surface area is 152 Å². The van der Waals surface area contributed by atoms with Crippen LogP contribution in [0.1, 0.15) is 5.56 Å². The molecule has 0 radical (unpaired) electrons. The van der Waals surface area contributed by atoms with Crippen molar-refractivity contribution in [2.75, 3.05) is 31.4 Å². The van der Waals surface area contributed by atoms with Gasteiger partial charge in [-0.05, 0) is 36.2 Å². The second-order valence-corrected chi connectivity index (χ2v) is 8.67. The fourth-order valence-corrected chi connectivity index (χ4v) is 3.71. The van der Waals surface area contributed by atoms with E-state index in [2.05, 4.69) is 4.98 Å². The number of carbonyl (C=O) groups excluding carboxylic acids is 1. The van der Waals surface area contributed by atoms with Gasteiger partial charge in [0.25, 0.3) is 0 Å². The molecule has 1 saturated heterocycles. The smallest absolute Gasteiger partial charge is 0.227 e. The number of benzene rings is 1. The molecule has 8 heteroatoms. The Kier molecular flexibility index (Phi) is 4.62. The lowest BCUT2D eigenvalue weighted by atomic mass is 9.74. The Morgan fingerprint density at radius 3 is 2.58 bits per heavy atom. The van der Waals surface area contributed by atoms with Gasteiger partial charge in [0, 0.05) is 25.5 Å². The Balaban J connectivity index is 1.75. The SMILES string of the molecule is COc1cccc(CC2(C(N)=O)CN(c3ccc(S(C)(=O)=O)cn3)C2)c1. The van der Waals surface area contributed by atoms with Crippen LogP contribution in [0.2, 0.25) is 0 Å². The van der Waals surface area contributed by atoms with Gasteiger partial charge in [-0.2, -0.15) is 0 Å². The number of nitrogens with two attached hydrogens (primary N) is 1. The van der Waals surface area contributed by atoms with Crippen LogP contribution in [0, 0.1) is 5.41 Å². The number of hydrogen-bond donors (Lipinski definition) is 1. The Hall–Kier alpha value is -2.61. The first-order valence-corrected chi connectivity index (χ1v) is 9.97. The lowest BCUT2D eigenvalue weighted by molar-refractivity contribution is -0.129. The molecule has 2 N–H and O–H groups in total. The molecule has 138 valence electrons. The van der Waals surface area contributed by atoms with Crippen LogP contribution in [0.25, 0.3) is 0 Å². The van der Waals surface area contributed by atoms with Crippen molar-refractivity contribution in [2.24, 2.45) is 11.1 Å². The van der Waals surface area contributed by atoms with Crippen molar-refractivity contribution >= 4 is 21.6 Å². The molecule has 0 unspecified atom stereocenters. The summed E-state index contributed by atoms with van der Waals surface area (Å²) in [5.74, 6) is 1.00. The third-order valence-corrected chi connectivity index (χ3v) is 5.76. The molecule has 0 atom stereocenters. The average molecular weight is 375 g/mol. The molecule has 2 heterocycles. The van der Waals surface area contributed by atoms with E-state index in [4.69, 9.17) is 10.5 Å². The van der Waals surface area contributed by atoms with Gasteiger partial charge in [-0.15, -0.1) is 0 Å². The molecular formula is C18H21N3O4S. The molecule has 2 aromatic rings. The number of sulfone groups is 1. The van der Waals surface area contributed by atoms with Crippen molar-refractivity contribution in [3.05, 3.63) is 48.2 Å². The maximum absolute atomic E-state index is 12.1. The summed E-state index contributed by atoms with van der Waals surface area (Å²) in [4.78, 5) is 18.4. The Morgan fingerprint density at radius 2 is 2.04 bits per heavy atom. The zero-order valence-electron chi connectivity index (χ0n) is 14.7. The zero-order valence-corrected chi connectivity index (χ0v) is 15.5. The van der Waals surface area contributed by atoms with Gasteiger partial charge in [-0.25, -0.2) is 13.4 Å². The Bertz CT molecular complexity index is 920. The standard InChI is InChI=1S/C18H21N3O4S/c1-25-14-5-3-4-13(8-14)9-18(17(19)22)11-21(12-18)16-7-6-15(10-20-16)26(2,23)24/h3-8,10H,9,11-12H2,1-2H3,(H2,19,22). The molecule has 1 aliphatic heterocycles. The van der Waals surface area contributed by atoms with Gasteiger partial charge in [0.15, 0.2) is 9.84 Å². The topological polar surface area (TPSA) is 103 Å². The van der Waals surface area contributed by atoms with Crippen molar-refractivity contribution < 1.29 is 17.9 Å². The summed E-state index contributed by atoms with van der Waals surface area (Å²) in [5.41, 5.74) is 5.97. The van der Waals surface area contributed by atoms with Gasteiger partial charge in [0.05, 0.1) is 17.4 Å². The van der Waals surface area contributed by atoms with Crippen molar-refractivity contribution in [2.45, 2.75) is 11.3 Å². The summed E-state index contributed by atoms with van der Waals surface area (Å²) in [6, 6.07) is 10.7. The lowest BCUT2D eigenvalue weighted by Crippen LogP contribution is -2.64. The minimum Gasteiger partial charge on any atom is -0.497 e. The van der Waals surface area contributed by atoms with Gasteiger partial charge >= 0.3 is 0 Å². The highest BCUT2D eigenvalue weighted by Crippen LogP contribution is 2.37. The highest BCUT2D eigenvalue weighted by Gasteiger charge is 2.48. The van der Waals surface area contributed by atoms with E-state index in [1.54, 1.807) is 13.2 Å². The molecule has 0 saturated carbocycles. The third kappa shape index (κ3) is 3.50. The van der Waals surface area contributed by atoms with Gasteiger partial charge in [-0.1, -0.05) is 12.1 Å². The number of ether oxygens (including phenoxy) is 1. The van der Waals surface area contributed by atoms with Crippen molar-refractivity contribution in [1.82, 2.24) is 4.98 Å². The molecule has 0 aliphatic carbocycles. The molecule has 1 aromatic heterocycles. The number of hydrogen-bond acceptors (Lipinski definition) is 6. The van der Waals surface area contributed by atoms with Crippen LogP contribution in [0.15, 0.2) is 47.5 Å². The van der Waals surface area contributed by atoms with Crippen molar-refractivity contribution in [1.29, 1.82) is 0 Å². The average Bonchev–Trinajstić information content (AvgIpc) is 2.57. The highest BCUT2D eigenvalue weighted by atomic mass is 32.2. The van der Waals surface area contributed by atoms with E-state index in [0.717, 1.165) is 17.6 Å². The number of rotatable bonds is 6. The number of carbonyl (C=O) groups is 1.